The third kappa shape index (κ3) is 3.38. The van der Waals surface area contributed by atoms with E-state index < -0.39 is 0 Å². The van der Waals surface area contributed by atoms with Gasteiger partial charge in [0.15, 0.2) is 0 Å². The Labute approximate surface area is 113 Å². The van der Waals surface area contributed by atoms with E-state index >= 15 is 0 Å². The molecule has 2 rings (SSSR count). The Morgan fingerprint density at radius 1 is 1.26 bits per heavy atom. The quantitative estimate of drug-likeness (QED) is 0.864. The first-order chi connectivity index (χ1) is 9.24. The number of nitrogens with zero attached hydrogens (tertiary/aromatic N) is 4. The molecular weight excluding hydrogens is 238 g/mol. The molecule has 0 aliphatic carbocycles. The predicted molar refractivity (Wildman–Crippen MR) is 74.5 cm³/mol. The summed E-state index contributed by atoms with van der Waals surface area (Å²) >= 11 is 0. The van der Waals surface area contributed by atoms with Gasteiger partial charge in [0.2, 0.25) is 0 Å². The van der Waals surface area contributed by atoms with Crippen LogP contribution in [0.3, 0.4) is 0 Å². The van der Waals surface area contributed by atoms with Crippen LogP contribution in [-0.2, 0) is 6.42 Å². The first-order valence-electron chi connectivity index (χ1n) is 6.80. The average molecular weight is 259 g/mol. The molecule has 2 heterocycles. The maximum atomic E-state index is 6.14. The Bertz CT molecular complexity index is 490. The third-order valence-electron chi connectivity index (χ3n) is 3.39. The fourth-order valence-electron chi connectivity index (χ4n) is 2.20. The zero-order chi connectivity index (χ0) is 13.7. The van der Waals surface area contributed by atoms with Crippen molar-refractivity contribution in [1.29, 1.82) is 0 Å². The van der Waals surface area contributed by atoms with Crippen molar-refractivity contribution in [3.05, 3.63) is 42.2 Å². The van der Waals surface area contributed by atoms with Crippen LogP contribution in [0.1, 0.15) is 50.2 Å². The highest BCUT2D eigenvalue weighted by Gasteiger charge is 2.12. The van der Waals surface area contributed by atoms with Crippen molar-refractivity contribution in [1.82, 2.24) is 19.7 Å². The largest absolute Gasteiger partial charge is 0.322 e. The minimum Gasteiger partial charge on any atom is -0.322 e. The topological polar surface area (TPSA) is 69.6 Å². The van der Waals surface area contributed by atoms with Gasteiger partial charge in [0.25, 0.3) is 0 Å². The molecule has 0 fully saturated rings. The second kappa shape index (κ2) is 6.43. The van der Waals surface area contributed by atoms with E-state index in [4.69, 9.17) is 5.73 Å². The zero-order valence-corrected chi connectivity index (χ0v) is 11.5. The third-order valence-corrected chi connectivity index (χ3v) is 3.39. The summed E-state index contributed by atoms with van der Waals surface area (Å²) in [4.78, 5) is 8.08. The first kappa shape index (κ1) is 13.7. The normalized spacial score (nSPS) is 12.8. The summed E-state index contributed by atoms with van der Waals surface area (Å²) in [5.41, 5.74) is 8.00. The summed E-state index contributed by atoms with van der Waals surface area (Å²) in [5, 5.41) is 4.61. The van der Waals surface area contributed by atoms with Gasteiger partial charge < -0.3 is 5.73 Å². The number of nitrogens with two attached hydrogens (primary N) is 1. The zero-order valence-electron chi connectivity index (χ0n) is 11.5. The molecule has 2 aromatic heterocycles. The van der Waals surface area contributed by atoms with Crippen LogP contribution in [0.5, 0.6) is 0 Å². The van der Waals surface area contributed by atoms with Gasteiger partial charge in [0, 0.05) is 18.8 Å². The lowest BCUT2D eigenvalue weighted by molar-refractivity contribution is 0.424. The molecule has 0 saturated carbocycles. The van der Waals surface area contributed by atoms with E-state index in [1.165, 1.54) is 6.33 Å². The van der Waals surface area contributed by atoms with E-state index in [1.54, 1.807) is 6.20 Å². The summed E-state index contributed by atoms with van der Waals surface area (Å²) in [6.07, 6.45) is 8.16. The highest BCUT2D eigenvalue weighted by Crippen LogP contribution is 2.17. The summed E-state index contributed by atoms with van der Waals surface area (Å²) in [6, 6.07) is 4.24. The maximum absolute atomic E-state index is 6.14. The van der Waals surface area contributed by atoms with Gasteiger partial charge in [-0.3, -0.25) is 4.68 Å². The standard InChI is InChI=1S/C14H21N5/c1-3-12(4-2)19-8-6-11(18-19)9-13(15)14-5-7-16-10-17-14/h5-8,10,12-13H,3-4,9,15H2,1-2H3. The molecule has 2 aromatic rings. The van der Waals surface area contributed by atoms with E-state index in [-0.39, 0.29) is 6.04 Å². The van der Waals surface area contributed by atoms with Gasteiger partial charge >= 0.3 is 0 Å². The molecule has 102 valence electrons. The summed E-state index contributed by atoms with van der Waals surface area (Å²) in [6.45, 7) is 4.37. The minimum atomic E-state index is -0.131. The highest BCUT2D eigenvalue weighted by molar-refractivity contribution is 5.10. The number of hydrogen-bond donors (Lipinski definition) is 1. The van der Waals surface area contributed by atoms with Crippen molar-refractivity contribution in [2.45, 2.75) is 45.2 Å². The molecule has 0 bridgehead atoms. The van der Waals surface area contributed by atoms with E-state index in [0.29, 0.717) is 12.5 Å². The Morgan fingerprint density at radius 3 is 2.68 bits per heavy atom. The van der Waals surface area contributed by atoms with Crippen molar-refractivity contribution in [2.75, 3.05) is 0 Å². The first-order valence-corrected chi connectivity index (χ1v) is 6.80. The number of rotatable bonds is 6. The molecule has 0 aliphatic heterocycles. The van der Waals surface area contributed by atoms with Crippen LogP contribution in [0.25, 0.3) is 0 Å². The van der Waals surface area contributed by atoms with Gasteiger partial charge in [-0.1, -0.05) is 13.8 Å². The molecule has 5 nitrogen and oxygen atoms in total. The van der Waals surface area contributed by atoms with E-state index in [0.717, 1.165) is 24.2 Å². The van der Waals surface area contributed by atoms with Crippen LogP contribution < -0.4 is 5.73 Å². The lowest BCUT2D eigenvalue weighted by Crippen LogP contribution is -2.16. The molecule has 0 amide bonds. The minimum absolute atomic E-state index is 0.131. The molecule has 0 radical (unpaired) electrons. The van der Waals surface area contributed by atoms with Gasteiger partial charge in [0.05, 0.1) is 23.5 Å². The van der Waals surface area contributed by atoms with Crippen molar-refractivity contribution in [3.8, 4) is 0 Å². The second-order valence-corrected chi connectivity index (χ2v) is 4.70. The molecule has 2 N–H and O–H groups in total. The van der Waals surface area contributed by atoms with Crippen LogP contribution >= 0.6 is 0 Å². The smallest absolute Gasteiger partial charge is 0.115 e. The number of hydrogen-bond acceptors (Lipinski definition) is 4. The molecule has 1 atom stereocenters. The van der Waals surface area contributed by atoms with Crippen LogP contribution in [-0.4, -0.2) is 19.7 Å². The van der Waals surface area contributed by atoms with Crippen molar-refractivity contribution < 1.29 is 0 Å². The second-order valence-electron chi connectivity index (χ2n) is 4.70. The van der Waals surface area contributed by atoms with Gasteiger partial charge in [-0.05, 0) is 25.0 Å². The van der Waals surface area contributed by atoms with Crippen LogP contribution in [0.2, 0.25) is 0 Å². The average Bonchev–Trinajstić information content (AvgIpc) is 2.89. The Kier molecular flexibility index (Phi) is 4.63. The monoisotopic (exact) mass is 259 g/mol. The van der Waals surface area contributed by atoms with Gasteiger partial charge in [-0.25, -0.2) is 9.97 Å². The molecule has 0 spiro atoms. The lowest BCUT2D eigenvalue weighted by Gasteiger charge is -2.13. The van der Waals surface area contributed by atoms with Gasteiger partial charge in [-0.2, -0.15) is 5.10 Å². The summed E-state index contributed by atoms with van der Waals surface area (Å²) < 4.78 is 2.04. The molecule has 1 unspecified atom stereocenters. The predicted octanol–water partition coefficient (Wildman–Crippen LogP) is 2.28. The molecule has 0 aromatic carbocycles. The van der Waals surface area contributed by atoms with Crippen molar-refractivity contribution >= 4 is 0 Å². The van der Waals surface area contributed by atoms with E-state index in [1.807, 2.05) is 23.0 Å². The van der Waals surface area contributed by atoms with Crippen molar-refractivity contribution in [3.63, 3.8) is 0 Å². The highest BCUT2D eigenvalue weighted by atomic mass is 15.3. The molecule has 5 heteroatoms. The molecule has 0 aliphatic rings. The van der Waals surface area contributed by atoms with Crippen LogP contribution in [0.4, 0.5) is 0 Å². The van der Waals surface area contributed by atoms with Gasteiger partial charge in [0.1, 0.15) is 6.33 Å². The number of aromatic nitrogens is 4. The van der Waals surface area contributed by atoms with E-state index in [2.05, 4.69) is 28.9 Å². The SMILES string of the molecule is CCC(CC)n1ccc(CC(N)c2ccncn2)n1. The van der Waals surface area contributed by atoms with Crippen LogP contribution in [0.15, 0.2) is 30.9 Å². The van der Waals surface area contributed by atoms with Crippen molar-refractivity contribution in [2.24, 2.45) is 5.73 Å². The molecule has 0 saturated heterocycles. The van der Waals surface area contributed by atoms with Crippen LogP contribution in [0, 0.1) is 0 Å². The Morgan fingerprint density at radius 2 is 2.05 bits per heavy atom. The van der Waals surface area contributed by atoms with E-state index in [9.17, 15) is 0 Å². The molecule has 19 heavy (non-hydrogen) atoms. The summed E-state index contributed by atoms with van der Waals surface area (Å²) in [7, 11) is 0. The Balaban J connectivity index is 2.04. The fourth-order valence-corrected chi connectivity index (χ4v) is 2.20. The Hall–Kier alpha value is -1.75. The summed E-state index contributed by atoms with van der Waals surface area (Å²) in [5.74, 6) is 0. The fraction of sp³-hybridized carbons (Fsp3) is 0.500. The maximum Gasteiger partial charge on any atom is 0.115 e. The lowest BCUT2D eigenvalue weighted by atomic mass is 10.1. The molecular formula is C14H21N5. The van der Waals surface area contributed by atoms with Gasteiger partial charge in [-0.15, -0.1) is 0 Å².